The van der Waals surface area contributed by atoms with Gasteiger partial charge in [-0.15, -0.1) is 11.8 Å². The van der Waals surface area contributed by atoms with Gasteiger partial charge in [-0.05, 0) is 25.1 Å². The largest absolute Gasteiger partial charge is 0.480 e. The van der Waals surface area contributed by atoms with Crippen LogP contribution < -0.4 is 5.32 Å². The summed E-state index contributed by atoms with van der Waals surface area (Å²) in [7, 11) is 0. The van der Waals surface area contributed by atoms with E-state index in [0.29, 0.717) is 0 Å². The summed E-state index contributed by atoms with van der Waals surface area (Å²) in [6.45, 7) is 0.793. The van der Waals surface area contributed by atoms with Crippen molar-refractivity contribution in [3.8, 4) is 0 Å². The number of carboxylic acid groups (broad SMARTS) is 1. The van der Waals surface area contributed by atoms with Gasteiger partial charge in [0.05, 0.1) is 0 Å². The first-order valence-electron chi connectivity index (χ1n) is 4.95. The average molecular weight is 223 g/mol. The predicted molar refractivity (Wildman–Crippen MR) is 60.1 cm³/mol. The number of benzene rings is 1. The fourth-order valence-electron chi connectivity index (χ4n) is 1.73. The van der Waals surface area contributed by atoms with Gasteiger partial charge in [-0.25, -0.2) is 0 Å². The normalized spacial score (nSPS) is 25.3. The van der Waals surface area contributed by atoms with Gasteiger partial charge >= 0.3 is 5.97 Å². The molecule has 1 aromatic carbocycles. The minimum absolute atomic E-state index is 0.143. The molecule has 2 atom stereocenters. The molecule has 2 N–H and O–H groups in total. The fourth-order valence-corrected chi connectivity index (χ4v) is 2.97. The van der Waals surface area contributed by atoms with Gasteiger partial charge in [-0.3, -0.25) is 4.79 Å². The second kappa shape index (κ2) is 4.68. The van der Waals surface area contributed by atoms with Crippen LogP contribution in [0.5, 0.6) is 0 Å². The molecule has 1 saturated heterocycles. The molecule has 0 amide bonds. The lowest BCUT2D eigenvalue weighted by molar-refractivity contribution is -0.138. The van der Waals surface area contributed by atoms with Crippen molar-refractivity contribution in [1.82, 2.24) is 5.32 Å². The zero-order valence-electron chi connectivity index (χ0n) is 8.22. The first-order valence-corrected chi connectivity index (χ1v) is 5.83. The summed E-state index contributed by atoms with van der Waals surface area (Å²) in [6, 6.07) is 9.53. The summed E-state index contributed by atoms with van der Waals surface area (Å²) in [5.74, 6) is -0.749. The van der Waals surface area contributed by atoms with Crippen molar-refractivity contribution in [2.75, 3.05) is 6.54 Å². The second-order valence-electron chi connectivity index (χ2n) is 3.53. The van der Waals surface area contributed by atoms with Crippen LogP contribution in [0.15, 0.2) is 35.2 Å². The van der Waals surface area contributed by atoms with Crippen molar-refractivity contribution >= 4 is 17.7 Å². The molecule has 0 saturated carbocycles. The molecule has 2 rings (SSSR count). The quantitative estimate of drug-likeness (QED) is 0.817. The average Bonchev–Trinajstić information content (AvgIpc) is 2.67. The molecule has 0 spiro atoms. The van der Waals surface area contributed by atoms with Gasteiger partial charge in [0, 0.05) is 10.1 Å². The minimum Gasteiger partial charge on any atom is -0.480 e. The van der Waals surface area contributed by atoms with Crippen LogP contribution in [-0.2, 0) is 4.79 Å². The highest BCUT2D eigenvalue weighted by Gasteiger charge is 2.32. The van der Waals surface area contributed by atoms with Crippen molar-refractivity contribution in [3.63, 3.8) is 0 Å². The molecule has 15 heavy (non-hydrogen) atoms. The summed E-state index contributed by atoms with van der Waals surface area (Å²) in [5, 5.41) is 12.1. The van der Waals surface area contributed by atoms with Crippen LogP contribution in [0.3, 0.4) is 0 Å². The van der Waals surface area contributed by atoms with Crippen LogP contribution in [0.1, 0.15) is 6.42 Å². The van der Waals surface area contributed by atoms with Crippen molar-refractivity contribution in [3.05, 3.63) is 30.3 Å². The summed E-state index contributed by atoms with van der Waals surface area (Å²) < 4.78 is 0. The van der Waals surface area contributed by atoms with E-state index in [4.69, 9.17) is 5.11 Å². The van der Waals surface area contributed by atoms with Gasteiger partial charge in [0.25, 0.3) is 0 Å². The van der Waals surface area contributed by atoms with E-state index in [2.05, 4.69) is 5.32 Å². The third-order valence-corrected chi connectivity index (χ3v) is 3.82. The van der Waals surface area contributed by atoms with E-state index < -0.39 is 12.0 Å². The van der Waals surface area contributed by atoms with Gasteiger partial charge in [0.2, 0.25) is 0 Å². The number of carbonyl (C=O) groups is 1. The molecule has 1 aromatic rings. The Morgan fingerprint density at radius 1 is 1.40 bits per heavy atom. The number of rotatable bonds is 3. The van der Waals surface area contributed by atoms with E-state index in [1.54, 1.807) is 11.8 Å². The number of hydrogen-bond acceptors (Lipinski definition) is 3. The molecule has 80 valence electrons. The Balaban J connectivity index is 2.03. The van der Waals surface area contributed by atoms with E-state index in [1.165, 1.54) is 0 Å². The Kier molecular flexibility index (Phi) is 3.28. The van der Waals surface area contributed by atoms with Gasteiger partial charge in [0.15, 0.2) is 0 Å². The van der Waals surface area contributed by atoms with Gasteiger partial charge < -0.3 is 10.4 Å². The summed E-state index contributed by atoms with van der Waals surface area (Å²) >= 11 is 1.64. The molecule has 3 nitrogen and oxygen atoms in total. The third kappa shape index (κ3) is 2.52. The molecule has 0 bridgehead atoms. The van der Waals surface area contributed by atoms with Crippen molar-refractivity contribution < 1.29 is 9.90 Å². The summed E-state index contributed by atoms with van der Waals surface area (Å²) in [5.41, 5.74) is 0. The van der Waals surface area contributed by atoms with E-state index in [9.17, 15) is 4.79 Å². The van der Waals surface area contributed by atoms with Gasteiger partial charge in [-0.1, -0.05) is 18.2 Å². The number of carboxylic acids is 1. The van der Waals surface area contributed by atoms with Crippen molar-refractivity contribution in [2.45, 2.75) is 22.6 Å². The van der Waals surface area contributed by atoms with Crippen molar-refractivity contribution in [2.24, 2.45) is 0 Å². The van der Waals surface area contributed by atoms with Gasteiger partial charge in [-0.2, -0.15) is 0 Å². The monoisotopic (exact) mass is 223 g/mol. The highest BCUT2D eigenvalue weighted by molar-refractivity contribution is 8.00. The maximum Gasteiger partial charge on any atom is 0.321 e. The molecule has 0 radical (unpaired) electrons. The molecule has 0 aliphatic carbocycles. The minimum atomic E-state index is -0.749. The number of aliphatic carboxylic acids is 1. The van der Waals surface area contributed by atoms with Crippen molar-refractivity contribution in [1.29, 1.82) is 0 Å². The molecule has 1 aliphatic heterocycles. The highest BCUT2D eigenvalue weighted by Crippen LogP contribution is 2.29. The fraction of sp³-hybridized carbons (Fsp3) is 0.364. The topological polar surface area (TPSA) is 49.3 Å². The van der Waals surface area contributed by atoms with E-state index >= 15 is 0 Å². The molecule has 1 heterocycles. The lowest BCUT2D eigenvalue weighted by Crippen LogP contribution is -2.36. The zero-order valence-corrected chi connectivity index (χ0v) is 9.04. The van der Waals surface area contributed by atoms with E-state index in [-0.39, 0.29) is 5.25 Å². The van der Waals surface area contributed by atoms with Crippen LogP contribution in [0.4, 0.5) is 0 Å². The molecule has 0 unspecified atom stereocenters. The smallest absolute Gasteiger partial charge is 0.321 e. The maximum atomic E-state index is 10.9. The third-order valence-electron chi connectivity index (χ3n) is 2.46. The Labute approximate surface area is 92.9 Å². The summed E-state index contributed by atoms with van der Waals surface area (Å²) in [6.07, 6.45) is 0.913. The number of hydrogen-bond donors (Lipinski definition) is 2. The molecule has 0 aromatic heterocycles. The zero-order chi connectivity index (χ0) is 10.7. The van der Waals surface area contributed by atoms with Crippen LogP contribution in [-0.4, -0.2) is 28.9 Å². The molecular formula is C11H13NO2S. The lowest BCUT2D eigenvalue weighted by Gasteiger charge is -2.14. The molecular weight excluding hydrogens is 210 g/mol. The molecule has 1 fully saturated rings. The van der Waals surface area contributed by atoms with Crippen LogP contribution in [0, 0.1) is 0 Å². The van der Waals surface area contributed by atoms with Crippen LogP contribution in [0.2, 0.25) is 0 Å². The Hall–Kier alpha value is -1.00. The Morgan fingerprint density at radius 3 is 2.80 bits per heavy atom. The Morgan fingerprint density at radius 2 is 2.13 bits per heavy atom. The maximum absolute atomic E-state index is 10.9. The van der Waals surface area contributed by atoms with Crippen LogP contribution in [0.25, 0.3) is 0 Å². The van der Waals surface area contributed by atoms with E-state index in [1.807, 2.05) is 30.3 Å². The summed E-state index contributed by atoms with van der Waals surface area (Å²) in [4.78, 5) is 12.1. The van der Waals surface area contributed by atoms with E-state index in [0.717, 1.165) is 17.9 Å². The predicted octanol–water partition coefficient (Wildman–Crippen LogP) is 1.59. The number of thioether (sulfide) groups is 1. The SMILES string of the molecule is O=C(O)[C@@H]1NCC[C@H]1Sc1ccccc1. The number of nitrogens with one attached hydrogen (secondary N) is 1. The Bertz CT molecular complexity index is 342. The second-order valence-corrected chi connectivity index (χ2v) is 4.84. The first kappa shape index (κ1) is 10.5. The van der Waals surface area contributed by atoms with Gasteiger partial charge in [0.1, 0.15) is 6.04 Å². The highest BCUT2D eigenvalue weighted by atomic mass is 32.2. The molecule has 4 heteroatoms. The standard InChI is InChI=1S/C11H13NO2S/c13-11(14)10-9(6-7-12-10)15-8-4-2-1-3-5-8/h1-5,9-10,12H,6-7H2,(H,13,14)/t9-,10-/m1/s1. The molecule has 1 aliphatic rings. The van der Waals surface area contributed by atoms with Crippen LogP contribution >= 0.6 is 11.8 Å². The first-order chi connectivity index (χ1) is 7.27. The lowest BCUT2D eigenvalue weighted by atomic mass is 10.2.